The van der Waals surface area contributed by atoms with Crippen LogP contribution in [0.4, 0.5) is 0 Å². The van der Waals surface area contributed by atoms with Crippen LogP contribution in [-0.2, 0) is 11.3 Å². The molecule has 1 aliphatic rings. The van der Waals surface area contributed by atoms with Crippen LogP contribution in [0.15, 0.2) is 22.2 Å². The predicted molar refractivity (Wildman–Crippen MR) is 76.5 cm³/mol. The van der Waals surface area contributed by atoms with Crippen molar-refractivity contribution in [1.82, 2.24) is 9.88 Å². The molecule has 6 heteroatoms. The van der Waals surface area contributed by atoms with Crippen molar-refractivity contribution < 1.29 is 9.90 Å². The molecule has 3 rings (SSSR count). The molecule has 1 aliphatic heterocycles. The molecule has 0 unspecified atom stereocenters. The minimum Gasteiger partial charge on any atom is -0.480 e. The van der Waals surface area contributed by atoms with Crippen LogP contribution in [0.2, 0.25) is 0 Å². The summed E-state index contributed by atoms with van der Waals surface area (Å²) in [5, 5.41) is 16.3. The maximum Gasteiger partial charge on any atom is 0.320 e. The zero-order valence-corrected chi connectivity index (χ0v) is 11.9. The number of thiophene rings is 1. The van der Waals surface area contributed by atoms with Crippen molar-refractivity contribution in [2.75, 3.05) is 6.54 Å². The quantitative estimate of drug-likeness (QED) is 0.942. The van der Waals surface area contributed by atoms with Crippen LogP contribution in [0, 0.1) is 0 Å². The van der Waals surface area contributed by atoms with Gasteiger partial charge >= 0.3 is 5.97 Å². The number of nitrogens with zero attached hydrogens (tertiary/aromatic N) is 2. The lowest BCUT2D eigenvalue weighted by molar-refractivity contribution is -0.142. The highest BCUT2D eigenvalue weighted by Crippen LogP contribution is 2.27. The first kappa shape index (κ1) is 12.8. The zero-order chi connectivity index (χ0) is 13.2. The van der Waals surface area contributed by atoms with Crippen LogP contribution >= 0.6 is 22.7 Å². The fourth-order valence-electron chi connectivity index (χ4n) is 2.40. The van der Waals surface area contributed by atoms with E-state index in [-0.39, 0.29) is 6.04 Å². The topological polar surface area (TPSA) is 53.4 Å². The van der Waals surface area contributed by atoms with E-state index in [2.05, 4.69) is 16.4 Å². The van der Waals surface area contributed by atoms with Gasteiger partial charge < -0.3 is 5.11 Å². The zero-order valence-electron chi connectivity index (χ0n) is 10.3. The second-order valence-electron chi connectivity index (χ2n) is 4.62. The summed E-state index contributed by atoms with van der Waals surface area (Å²) in [6.07, 6.45) is 1.70. The predicted octanol–water partition coefficient (Wildman–Crippen LogP) is 2.92. The summed E-state index contributed by atoms with van der Waals surface area (Å²) in [4.78, 5) is 17.7. The molecule has 19 heavy (non-hydrogen) atoms. The molecule has 2 aromatic heterocycles. The lowest BCUT2D eigenvalue weighted by Crippen LogP contribution is -2.35. The number of hydrogen-bond acceptors (Lipinski definition) is 5. The number of rotatable bonds is 4. The van der Waals surface area contributed by atoms with E-state index in [0.29, 0.717) is 6.54 Å². The normalized spacial score (nSPS) is 19.9. The summed E-state index contributed by atoms with van der Waals surface area (Å²) in [6.45, 7) is 1.49. The Hall–Kier alpha value is -1.24. The van der Waals surface area contributed by atoms with Gasteiger partial charge in [-0.2, -0.15) is 11.3 Å². The van der Waals surface area contributed by atoms with Gasteiger partial charge in [-0.05, 0) is 30.8 Å². The summed E-state index contributed by atoms with van der Waals surface area (Å²) < 4.78 is 0. The number of aromatic nitrogens is 1. The minimum atomic E-state index is -0.717. The Bertz CT molecular complexity index is 565. The Balaban J connectivity index is 1.72. The van der Waals surface area contributed by atoms with E-state index in [1.165, 1.54) is 0 Å². The van der Waals surface area contributed by atoms with Crippen LogP contribution in [0.25, 0.3) is 10.6 Å². The number of likely N-dealkylation sites (tertiary alicyclic amines) is 1. The Morgan fingerprint density at radius 2 is 2.42 bits per heavy atom. The van der Waals surface area contributed by atoms with Crippen molar-refractivity contribution in [3.8, 4) is 10.6 Å². The fraction of sp³-hybridized carbons (Fsp3) is 0.385. The van der Waals surface area contributed by atoms with Gasteiger partial charge in [0.25, 0.3) is 0 Å². The standard InChI is InChI=1S/C13H14N2O2S2/c16-13(17)11-2-1-4-15(11)6-10-8-19-12(14-10)9-3-5-18-7-9/h3,5,7-8,11H,1-2,4,6H2,(H,16,17)/t11-/m1/s1. The molecular formula is C13H14N2O2S2. The van der Waals surface area contributed by atoms with Gasteiger partial charge in [-0.25, -0.2) is 4.98 Å². The average Bonchev–Trinajstić information content (AvgIpc) is 3.09. The van der Waals surface area contributed by atoms with Gasteiger partial charge in [-0.1, -0.05) is 0 Å². The van der Waals surface area contributed by atoms with Crippen LogP contribution in [0.1, 0.15) is 18.5 Å². The van der Waals surface area contributed by atoms with E-state index in [1.54, 1.807) is 22.7 Å². The first-order valence-corrected chi connectivity index (χ1v) is 8.00. The van der Waals surface area contributed by atoms with Crippen LogP contribution in [-0.4, -0.2) is 33.5 Å². The minimum absolute atomic E-state index is 0.341. The summed E-state index contributed by atoms with van der Waals surface area (Å²) in [5.74, 6) is -0.717. The molecule has 0 radical (unpaired) electrons. The number of hydrogen-bond donors (Lipinski definition) is 1. The molecule has 1 atom stereocenters. The van der Waals surface area contributed by atoms with Crippen molar-refractivity contribution >= 4 is 28.6 Å². The maximum atomic E-state index is 11.1. The molecule has 0 saturated carbocycles. The third-order valence-corrected chi connectivity index (χ3v) is 4.96. The molecule has 0 bridgehead atoms. The van der Waals surface area contributed by atoms with E-state index >= 15 is 0 Å². The highest BCUT2D eigenvalue weighted by atomic mass is 32.1. The molecule has 4 nitrogen and oxygen atoms in total. The van der Waals surface area contributed by atoms with Gasteiger partial charge in [-0.3, -0.25) is 9.69 Å². The van der Waals surface area contributed by atoms with Crippen molar-refractivity contribution in [3.63, 3.8) is 0 Å². The van der Waals surface area contributed by atoms with E-state index < -0.39 is 5.97 Å². The molecule has 0 spiro atoms. The fourth-order valence-corrected chi connectivity index (χ4v) is 3.92. The summed E-state index contributed by atoms with van der Waals surface area (Å²) >= 11 is 3.28. The third kappa shape index (κ3) is 2.70. The molecule has 2 aromatic rings. The lowest BCUT2D eigenvalue weighted by Gasteiger charge is -2.19. The molecule has 100 valence electrons. The van der Waals surface area contributed by atoms with E-state index in [4.69, 9.17) is 5.11 Å². The van der Waals surface area contributed by atoms with Gasteiger partial charge in [0, 0.05) is 22.9 Å². The molecule has 3 heterocycles. The van der Waals surface area contributed by atoms with Crippen molar-refractivity contribution in [3.05, 3.63) is 27.9 Å². The Morgan fingerprint density at radius 3 is 3.16 bits per heavy atom. The second kappa shape index (κ2) is 5.40. The maximum absolute atomic E-state index is 11.1. The largest absolute Gasteiger partial charge is 0.480 e. The molecule has 1 N–H and O–H groups in total. The first-order chi connectivity index (χ1) is 9.24. The van der Waals surface area contributed by atoms with Gasteiger partial charge in [-0.15, -0.1) is 11.3 Å². The Morgan fingerprint density at radius 1 is 1.53 bits per heavy atom. The van der Waals surface area contributed by atoms with Gasteiger partial charge in [0.05, 0.1) is 5.69 Å². The van der Waals surface area contributed by atoms with E-state index in [0.717, 1.165) is 35.7 Å². The first-order valence-electron chi connectivity index (χ1n) is 6.18. The van der Waals surface area contributed by atoms with Crippen molar-refractivity contribution in [1.29, 1.82) is 0 Å². The van der Waals surface area contributed by atoms with Gasteiger partial charge in [0.15, 0.2) is 0 Å². The molecule has 0 aromatic carbocycles. The average molecular weight is 294 g/mol. The van der Waals surface area contributed by atoms with E-state index in [1.807, 2.05) is 15.7 Å². The van der Waals surface area contributed by atoms with Crippen LogP contribution in [0.5, 0.6) is 0 Å². The molecule has 0 aliphatic carbocycles. The molecule has 0 amide bonds. The number of carboxylic acids is 1. The van der Waals surface area contributed by atoms with Gasteiger partial charge in [0.1, 0.15) is 11.0 Å². The highest BCUT2D eigenvalue weighted by molar-refractivity contribution is 7.14. The highest BCUT2D eigenvalue weighted by Gasteiger charge is 2.30. The van der Waals surface area contributed by atoms with Crippen molar-refractivity contribution in [2.45, 2.75) is 25.4 Å². The Labute approximate surface area is 119 Å². The van der Waals surface area contributed by atoms with Gasteiger partial charge in [0.2, 0.25) is 0 Å². The second-order valence-corrected chi connectivity index (χ2v) is 6.26. The summed E-state index contributed by atoms with van der Waals surface area (Å²) in [7, 11) is 0. The summed E-state index contributed by atoms with van der Waals surface area (Å²) in [6, 6.07) is 1.72. The SMILES string of the molecule is O=C(O)[C@H]1CCCN1Cc1csc(-c2ccsc2)n1. The number of carbonyl (C=O) groups is 1. The third-order valence-electron chi connectivity index (χ3n) is 3.33. The summed E-state index contributed by atoms with van der Waals surface area (Å²) in [5.41, 5.74) is 2.12. The van der Waals surface area contributed by atoms with Crippen LogP contribution < -0.4 is 0 Å². The number of thiazole rings is 1. The number of carboxylic acid groups (broad SMARTS) is 1. The van der Waals surface area contributed by atoms with E-state index in [9.17, 15) is 4.79 Å². The smallest absolute Gasteiger partial charge is 0.320 e. The molecule has 1 saturated heterocycles. The van der Waals surface area contributed by atoms with Crippen molar-refractivity contribution in [2.24, 2.45) is 0 Å². The lowest BCUT2D eigenvalue weighted by atomic mass is 10.2. The van der Waals surface area contributed by atoms with Crippen LogP contribution in [0.3, 0.4) is 0 Å². The number of aliphatic carboxylic acids is 1. The molecular weight excluding hydrogens is 280 g/mol. The molecule has 1 fully saturated rings. The monoisotopic (exact) mass is 294 g/mol. The Kier molecular flexibility index (Phi) is 3.63.